The van der Waals surface area contributed by atoms with Crippen molar-refractivity contribution in [2.75, 3.05) is 18.0 Å². The van der Waals surface area contributed by atoms with Crippen LogP contribution < -0.4 is 4.90 Å². The van der Waals surface area contributed by atoms with Crippen molar-refractivity contribution in [2.45, 2.75) is 19.3 Å². The SMILES string of the molecule is O=C1C(c2ccc(Cl)cc2)=C(N2CCCCC2)C(=O)N1c1ccccc1F. The lowest BCUT2D eigenvalue weighted by Gasteiger charge is -2.29. The maximum absolute atomic E-state index is 14.3. The summed E-state index contributed by atoms with van der Waals surface area (Å²) < 4.78 is 14.3. The van der Waals surface area contributed by atoms with E-state index in [9.17, 15) is 14.0 Å². The third-order valence-corrected chi connectivity index (χ3v) is 5.21. The van der Waals surface area contributed by atoms with Crippen molar-refractivity contribution in [2.24, 2.45) is 0 Å². The normalized spacial score (nSPS) is 17.9. The van der Waals surface area contributed by atoms with Crippen molar-refractivity contribution in [3.8, 4) is 0 Å². The van der Waals surface area contributed by atoms with Gasteiger partial charge >= 0.3 is 0 Å². The molecule has 0 N–H and O–H groups in total. The second kappa shape index (κ2) is 7.16. The molecule has 0 aliphatic carbocycles. The van der Waals surface area contributed by atoms with E-state index in [4.69, 9.17) is 11.6 Å². The minimum Gasteiger partial charge on any atom is -0.366 e. The molecule has 2 aromatic carbocycles. The Balaban J connectivity index is 1.84. The van der Waals surface area contributed by atoms with Gasteiger partial charge in [0.2, 0.25) is 0 Å². The molecule has 2 aliphatic rings. The highest BCUT2D eigenvalue weighted by atomic mass is 35.5. The van der Waals surface area contributed by atoms with E-state index in [2.05, 4.69) is 0 Å². The zero-order chi connectivity index (χ0) is 19.0. The fourth-order valence-electron chi connectivity index (χ4n) is 3.66. The van der Waals surface area contributed by atoms with E-state index in [0.717, 1.165) is 24.2 Å². The number of anilines is 1. The summed E-state index contributed by atoms with van der Waals surface area (Å²) in [6.45, 7) is 1.41. The van der Waals surface area contributed by atoms with Crippen LogP contribution in [0.15, 0.2) is 54.2 Å². The molecule has 0 atom stereocenters. The van der Waals surface area contributed by atoms with Crippen LogP contribution in [0.1, 0.15) is 24.8 Å². The number of likely N-dealkylation sites (tertiary alicyclic amines) is 1. The van der Waals surface area contributed by atoms with Crippen molar-refractivity contribution in [3.63, 3.8) is 0 Å². The van der Waals surface area contributed by atoms with Crippen LogP contribution in [0.4, 0.5) is 10.1 Å². The van der Waals surface area contributed by atoms with Gasteiger partial charge in [0.05, 0.1) is 11.3 Å². The first kappa shape index (κ1) is 17.7. The van der Waals surface area contributed by atoms with Crippen molar-refractivity contribution in [1.29, 1.82) is 0 Å². The highest BCUT2D eigenvalue weighted by molar-refractivity contribution is 6.45. The summed E-state index contributed by atoms with van der Waals surface area (Å²) in [6.07, 6.45) is 3.01. The fraction of sp³-hybridized carbons (Fsp3) is 0.238. The summed E-state index contributed by atoms with van der Waals surface area (Å²) >= 11 is 5.98. The second-order valence-electron chi connectivity index (χ2n) is 6.68. The van der Waals surface area contributed by atoms with E-state index in [1.54, 1.807) is 30.3 Å². The van der Waals surface area contributed by atoms with E-state index in [1.165, 1.54) is 18.2 Å². The standard InChI is InChI=1S/C21H18ClFN2O2/c22-15-10-8-14(9-11-15)18-19(24-12-4-1-5-13-24)21(27)25(20(18)26)17-7-3-2-6-16(17)23/h2-3,6-11H,1,4-5,12-13H2. The highest BCUT2D eigenvalue weighted by Crippen LogP contribution is 2.36. The Morgan fingerprint density at radius 1 is 0.852 bits per heavy atom. The number of benzene rings is 2. The number of piperidine rings is 1. The zero-order valence-electron chi connectivity index (χ0n) is 14.6. The molecule has 1 fully saturated rings. The summed E-state index contributed by atoms with van der Waals surface area (Å²) in [5.41, 5.74) is 1.25. The molecule has 4 rings (SSSR count). The van der Waals surface area contributed by atoms with Crippen LogP contribution in [0.2, 0.25) is 5.02 Å². The minimum atomic E-state index is -0.602. The molecule has 0 aromatic heterocycles. The van der Waals surface area contributed by atoms with Crippen molar-refractivity contribution < 1.29 is 14.0 Å². The lowest BCUT2D eigenvalue weighted by molar-refractivity contribution is -0.120. The van der Waals surface area contributed by atoms with E-state index >= 15 is 0 Å². The van der Waals surface area contributed by atoms with Gasteiger partial charge in [0.1, 0.15) is 11.5 Å². The van der Waals surface area contributed by atoms with E-state index in [-0.39, 0.29) is 5.69 Å². The van der Waals surface area contributed by atoms with E-state index in [1.807, 2.05) is 4.90 Å². The summed E-state index contributed by atoms with van der Waals surface area (Å²) in [4.78, 5) is 29.4. The molecule has 1 saturated heterocycles. The quantitative estimate of drug-likeness (QED) is 0.743. The second-order valence-corrected chi connectivity index (χ2v) is 7.11. The first-order chi connectivity index (χ1) is 13.1. The Bertz CT molecular complexity index is 933. The smallest absolute Gasteiger partial charge is 0.282 e. The number of imide groups is 1. The molecule has 0 saturated carbocycles. The van der Waals surface area contributed by atoms with Crippen LogP contribution in [0.25, 0.3) is 5.57 Å². The van der Waals surface area contributed by atoms with Gasteiger partial charge in [-0.05, 0) is 49.1 Å². The topological polar surface area (TPSA) is 40.6 Å². The summed E-state index contributed by atoms with van der Waals surface area (Å²) in [7, 11) is 0. The molecule has 0 unspecified atom stereocenters. The van der Waals surface area contributed by atoms with Crippen LogP contribution in [0.3, 0.4) is 0 Å². The van der Waals surface area contributed by atoms with Gasteiger partial charge in [0.25, 0.3) is 11.8 Å². The van der Waals surface area contributed by atoms with Crippen molar-refractivity contribution >= 4 is 34.7 Å². The molecule has 2 heterocycles. The lowest BCUT2D eigenvalue weighted by atomic mass is 10.0. The predicted octanol–water partition coefficient (Wildman–Crippen LogP) is 4.25. The number of nitrogens with zero attached hydrogens (tertiary/aromatic N) is 2. The Labute approximate surface area is 161 Å². The van der Waals surface area contributed by atoms with Crippen LogP contribution >= 0.6 is 11.6 Å². The summed E-state index contributed by atoms with van der Waals surface area (Å²) in [5, 5.41) is 0.543. The number of amides is 2. The maximum Gasteiger partial charge on any atom is 0.282 e. The summed E-state index contributed by atoms with van der Waals surface area (Å²) in [5.74, 6) is -1.58. The monoisotopic (exact) mass is 384 g/mol. The average molecular weight is 385 g/mol. The van der Waals surface area contributed by atoms with Crippen molar-refractivity contribution in [1.82, 2.24) is 4.90 Å². The fourth-order valence-corrected chi connectivity index (χ4v) is 3.78. The summed E-state index contributed by atoms with van der Waals surface area (Å²) in [6, 6.07) is 12.6. The molecule has 4 nitrogen and oxygen atoms in total. The molecular formula is C21H18ClFN2O2. The number of carbonyl (C=O) groups excluding carboxylic acids is 2. The Morgan fingerprint density at radius 3 is 2.19 bits per heavy atom. The van der Waals surface area contributed by atoms with Gasteiger partial charge in [-0.3, -0.25) is 9.59 Å². The molecular weight excluding hydrogens is 367 g/mol. The molecule has 2 aromatic rings. The van der Waals surface area contributed by atoms with Crippen molar-refractivity contribution in [3.05, 3.63) is 70.6 Å². The molecule has 6 heteroatoms. The van der Waals surface area contributed by atoms with Gasteiger partial charge in [-0.15, -0.1) is 0 Å². The van der Waals surface area contributed by atoms with Gasteiger partial charge < -0.3 is 4.90 Å². The van der Waals surface area contributed by atoms with Gasteiger partial charge in [-0.1, -0.05) is 35.9 Å². The average Bonchev–Trinajstić information content (AvgIpc) is 2.94. The number of halogens is 2. The third kappa shape index (κ3) is 3.12. The van der Waals surface area contributed by atoms with E-state index < -0.39 is 17.6 Å². The molecule has 27 heavy (non-hydrogen) atoms. The third-order valence-electron chi connectivity index (χ3n) is 4.96. The van der Waals surface area contributed by atoms with Gasteiger partial charge in [0.15, 0.2) is 0 Å². The molecule has 138 valence electrons. The van der Waals surface area contributed by atoms with Crippen LogP contribution in [0, 0.1) is 5.82 Å². The van der Waals surface area contributed by atoms with Gasteiger partial charge in [0, 0.05) is 18.1 Å². The molecule has 2 aliphatic heterocycles. The van der Waals surface area contributed by atoms with Crippen LogP contribution in [-0.4, -0.2) is 29.8 Å². The Kier molecular flexibility index (Phi) is 4.70. The van der Waals surface area contributed by atoms with Crippen LogP contribution in [-0.2, 0) is 9.59 Å². The number of rotatable bonds is 3. The molecule has 0 spiro atoms. The molecule has 2 amide bonds. The van der Waals surface area contributed by atoms with Crippen LogP contribution in [0.5, 0.6) is 0 Å². The Hall–Kier alpha value is -2.66. The number of para-hydroxylation sites is 1. The maximum atomic E-state index is 14.3. The first-order valence-corrected chi connectivity index (χ1v) is 9.34. The first-order valence-electron chi connectivity index (χ1n) is 8.96. The number of carbonyl (C=O) groups is 2. The van der Waals surface area contributed by atoms with Gasteiger partial charge in [-0.25, -0.2) is 9.29 Å². The predicted molar refractivity (Wildman–Crippen MR) is 103 cm³/mol. The van der Waals surface area contributed by atoms with E-state index in [0.29, 0.717) is 34.9 Å². The number of hydrogen-bond acceptors (Lipinski definition) is 3. The minimum absolute atomic E-state index is 0.0222. The number of hydrogen-bond donors (Lipinski definition) is 0. The lowest BCUT2D eigenvalue weighted by Crippen LogP contribution is -2.37. The van der Waals surface area contributed by atoms with Gasteiger partial charge in [-0.2, -0.15) is 0 Å². The zero-order valence-corrected chi connectivity index (χ0v) is 15.4. The highest BCUT2D eigenvalue weighted by Gasteiger charge is 2.43. The molecule has 0 radical (unpaired) electrons. The molecule has 0 bridgehead atoms. The Morgan fingerprint density at radius 2 is 1.52 bits per heavy atom. The largest absolute Gasteiger partial charge is 0.366 e.